The summed E-state index contributed by atoms with van der Waals surface area (Å²) in [7, 11) is 0. The van der Waals surface area contributed by atoms with Crippen molar-refractivity contribution in [1.82, 2.24) is 19.6 Å². The van der Waals surface area contributed by atoms with Gasteiger partial charge in [-0.3, -0.25) is 14.2 Å². The molecule has 0 atom stereocenters. The Morgan fingerprint density at radius 1 is 1.11 bits per heavy atom. The van der Waals surface area contributed by atoms with Crippen LogP contribution in [0.1, 0.15) is 28.2 Å². The van der Waals surface area contributed by atoms with Crippen LogP contribution in [0.3, 0.4) is 0 Å². The van der Waals surface area contributed by atoms with Gasteiger partial charge >= 0.3 is 6.18 Å². The largest absolute Gasteiger partial charge is 0.435 e. The highest BCUT2D eigenvalue weighted by Gasteiger charge is 2.33. The quantitative estimate of drug-likeness (QED) is 0.721. The molecular formula is C19H20F3N5O. The van der Waals surface area contributed by atoms with Gasteiger partial charge in [0, 0.05) is 6.20 Å². The third-order valence-electron chi connectivity index (χ3n) is 4.46. The maximum Gasteiger partial charge on any atom is 0.435 e. The van der Waals surface area contributed by atoms with Gasteiger partial charge in [-0.1, -0.05) is 24.3 Å². The third kappa shape index (κ3) is 4.24. The minimum atomic E-state index is -4.54. The Morgan fingerprint density at radius 2 is 1.82 bits per heavy atom. The Balaban J connectivity index is 1.72. The minimum absolute atomic E-state index is 0.321. The average Bonchev–Trinajstić information content (AvgIpc) is 3.17. The van der Waals surface area contributed by atoms with E-state index >= 15 is 0 Å². The summed E-state index contributed by atoms with van der Waals surface area (Å²) in [5.74, 6) is -0.474. The van der Waals surface area contributed by atoms with Crippen LogP contribution >= 0.6 is 0 Å². The Bertz CT molecular complexity index is 1000. The van der Waals surface area contributed by atoms with Gasteiger partial charge in [-0.05, 0) is 38.0 Å². The fourth-order valence-corrected chi connectivity index (χ4v) is 2.91. The lowest BCUT2D eigenvalue weighted by molar-refractivity contribution is -0.141. The van der Waals surface area contributed by atoms with Crippen LogP contribution in [0.2, 0.25) is 0 Å². The normalized spacial score (nSPS) is 11.6. The number of rotatable bonds is 5. The topological polar surface area (TPSA) is 64.7 Å². The number of hydrogen-bond donors (Lipinski definition) is 1. The van der Waals surface area contributed by atoms with Gasteiger partial charge in [0.25, 0.3) is 0 Å². The number of halogens is 3. The molecule has 0 aliphatic heterocycles. The predicted molar refractivity (Wildman–Crippen MR) is 97.8 cm³/mol. The van der Waals surface area contributed by atoms with Crippen LogP contribution < -0.4 is 5.32 Å². The molecule has 0 saturated heterocycles. The Labute approximate surface area is 160 Å². The second-order valence-electron chi connectivity index (χ2n) is 6.57. The lowest BCUT2D eigenvalue weighted by Gasteiger charge is -2.09. The number of anilines is 1. The molecule has 0 unspecified atom stereocenters. The Morgan fingerprint density at radius 3 is 2.46 bits per heavy atom. The van der Waals surface area contributed by atoms with Crippen LogP contribution in [0.4, 0.5) is 18.9 Å². The van der Waals surface area contributed by atoms with Crippen LogP contribution in [0, 0.1) is 20.8 Å². The minimum Gasteiger partial charge on any atom is -0.321 e. The molecule has 0 fully saturated rings. The van der Waals surface area contributed by atoms with Crippen molar-refractivity contribution in [3.63, 3.8) is 0 Å². The summed E-state index contributed by atoms with van der Waals surface area (Å²) in [5.41, 5.74) is 3.18. The van der Waals surface area contributed by atoms with Crippen LogP contribution in [0.25, 0.3) is 0 Å². The molecule has 28 heavy (non-hydrogen) atoms. The molecule has 6 nitrogen and oxygen atoms in total. The van der Waals surface area contributed by atoms with Crippen molar-refractivity contribution < 1.29 is 18.0 Å². The van der Waals surface area contributed by atoms with Gasteiger partial charge in [-0.15, -0.1) is 0 Å². The number of aromatic nitrogens is 4. The molecule has 9 heteroatoms. The van der Waals surface area contributed by atoms with Crippen molar-refractivity contribution >= 4 is 11.6 Å². The lowest BCUT2D eigenvalue weighted by atomic mass is 10.1. The first-order valence-corrected chi connectivity index (χ1v) is 8.64. The van der Waals surface area contributed by atoms with Gasteiger partial charge in [0.2, 0.25) is 5.91 Å². The van der Waals surface area contributed by atoms with Crippen molar-refractivity contribution in [1.29, 1.82) is 0 Å². The fraction of sp³-hybridized carbons (Fsp3) is 0.316. The van der Waals surface area contributed by atoms with E-state index in [1.165, 1.54) is 0 Å². The van der Waals surface area contributed by atoms with Crippen LogP contribution in [-0.2, 0) is 24.1 Å². The van der Waals surface area contributed by atoms with Crippen molar-refractivity contribution in [2.45, 2.75) is 40.0 Å². The van der Waals surface area contributed by atoms with Crippen LogP contribution in [0.5, 0.6) is 0 Å². The first-order valence-electron chi connectivity index (χ1n) is 8.64. The second kappa shape index (κ2) is 7.49. The Kier molecular flexibility index (Phi) is 5.26. The number of nitrogens with one attached hydrogen (secondary N) is 1. The maximum absolute atomic E-state index is 12.6. The first kappa shape index (κ1) is 19.7. The van der Waals surface area contributed by atoms with E-state index in [9.17, 15) is 18.0 Å². The summed E-state index contributed by atoms with van der Waals surface area (Å²) >= 11 is 0. The summed E-state index contributed by atoms with van der Waals surface area (Å²) in [4.78, 5) is 12.3. The number of hydrogen-bond acceptors (Lipinski definition) is 3. The van der Waals surface area contributed by atoms with Crippen molar-refractivity contribution in [2.24, 2.45) is 0 Å². The van der Waals surface area contributed by atoms with E-state index in [1.807, 2.05) is 38.1 Å². The Hall–Kier alpha value is -3.10. The van der Waals surface area contributed by atoms with Crippen molar-refractivity contribution in [3.05, 3.63) is 64.7 Å². The van der Waals surface area contributed by atoms with Gasteiger partial charge < -0.3 is 5.32 Å². The summed E-state index contributed by atoms with van der Waals surface area (Å²) in [5, 5.41) is 10.6. The molecule has 0 aliphatic carbocycles. The monoisotopic (exact) mass is 391 g/mol. The zero-order valence-electron chi connectivity index (χ0n) is 15.7. The molecule has 1 amide bonds. The SMILES string of the molecule is Cc1ccccc1Cn1nc(C)c(NC(=O)Cn2ccc(C(F)(F)F)n2)c1C. The standard InChI is InChI=1S/C19H20F3N5O/c1-12-6-4-5-7-15(12)10-27-14(3)18(13(2)24-27)23-17(28)11-26-9-8-16(25-26)19(20,21)22/h4-9H,10-11H2,1-3H3,(H,23,28). The molecule has 0 saturated carbocycles. The van der Waals surface area contributed by atoms with Gasteiger partial charge in [-0.25, -0.2) is 0 Å². The maximum atomic E-state index is 12.6. The highest BCUT2D eigenvalue weighted by molar-refractivity contribution is 5.91. The van der Waals surface area contributed by atoms with E-state index < -0.39 is 17.8 Å². The summed E-state index contributed by atoms with van der Waals surface area (Å²) < 4.78 is 40.6. The number of amides is 1. The predicted octanol–water partition coefficient (Wildman–Crippen LogP) is 3.71. The van der Waals surface area contributed by atoms with E-state index in [0.717, 1.165) is 33.8 Å². The van der Waals surface area contributed by atoms with Crippen molar-refractivity contribution in [3.8, 4) is 0 Å². The van der Waals surface area contributed by atoms with Gasteiger partial charge in [-0.2, -0.15) is 23.4 Å². The number of carbonyl (C=O) groups is 1. The van der Waals surface area contributed by atoms with Crippen molar-refractivity contribution in [2.75, 3.05) is 5.32 Å². The molecule has 2 heterocycles. The van der Waals surface area contributed by atoms with E-state index in [2.05, 4.69) is 15.5 Å². The molecule has 3 aromatic rings. The van der Waals surface area contributed by atoms with Crippen LogP contribution in [-0.4, -0.2) is 25.5 Å². The van der Waals surface area contributed by atoms with E-state index in [-0.39, 0.29) is 6.54 Å². The highest BCUT2D eigenvalue weighted by Crippen LogP contribution is 2.27. The molecule has 1 N–H and O–H groups in total. The summed E-state index contributed by atoms with van der Waals surface area (Å²) in [6.45, 7) is 5.86. The molecule has 2 aromatic heterocycles. The average molecular weight is 391 g/mol. The number of nitrogens with zero attached hydrogens (tertiary/aromatic N) is 4. The molecule has 0 radical (unpaired) electrons. The molecular weight excluding hydrogens is 371 g/mol. The van der Waals surface area contributed by atoms with Gasteiger partial charge in [0.15, 0.2) is 5.69 Å². The molecule has 0 spiro atoms. The zero-order chi connectivity index (χ0) is 20.5. The third-order valence-corrected chi connectivity index (χ3v) is 4.46. The molecule has 0 aliphatic rings. The van der Waals surface area contributed by atoms with E-state index in [0.29, 0.717) is 17.9 Å². The lowest BCUT2D eigenvalue weighted by Crippen LogP contribution is -2.20. The highest BCUT2D eigenvalue weighted by atomic mass is 19.4. The van der Waals surface area contributed by atoms with Gasteiger partial charge in [0.05, 0.1) is 23.6 Å². The smallest absolute Gasteiger partial charge is 0.321 e. The molecule has 1 aromatic carbocycles. The second-order valence-corrected chi connectivity index (χ2v) is 6.57. The summed E-state index contributed by atoms with van der Waals surface area (Å²) in [6.07, 6.45) is -3.41. The number of benzene rings is 1. The molecule has 0 bridgehead atoms. The summed E-state index contributed by atoms with van der Waals surface area (Å²) in [6, 6.07) is 8.79. The van der Waals surface area contributed by atoms with Crippen LogP contribution in [0.15, 0.2) is 36.5 Å². The number of aryl methyl sites for hydroxylation is 2. The van der Waals surface area contributed by atoms with Gasteiger partial charge in [0.1, 0.15) is 6.54 Å². The molecule has 148 valence electrons. The molecule has 3 rings (SSSR count). The number of carbonyl (C=O) groups excluding carboxylic acids is 1. The van der Waals surface area contributed by atoms with E-state index in [4.69, 9.17) is 0 Å². The zero-order valence-corrected chi connectivity index (χ0v) is 15.7. The first-order chi connectivity index (χ1) is 13.1. The fourth-order valence-electron chi connectivity index (χ4n) is 2.91. The van der Waals surface area contributed by atoms with E-state index in [1.54, 1.807) is 11.6 Å². The number of alkyl halides is 3.